The molecule has 222 valence electrons. The molecule has 1 aromatic carbocycles. The maximum Gasteiger partial charge on any atom is 0.490 e. The summed E-state index contributed by atoms with van der Waals surface area (Å²) < 4.78 is 37.9. The molecular formula is C28H33F3N4O5S. The highest BCUT2D eigenvalue weighted by atomic mass is 32.2. The van der Waals surface area contributed by atoms with Crippen molar-refractivity contribution < 1.29 is 37.7 Å². The van der Waals surface area contributed by atoms with E-state index in [1.807, 2.05) is 12.1 Å². The topological polar surface area (TPSA) is 136 Å². The van der Waals surface area contributed by atoms with Crippen LogP contribution in [0.2, 0.25) is 0 Å². The molecule has 13 heteroatoms. The summed E-state index contributed by atoms with van der Waals surface area (Å²) in [5, 5.41) is 30.7. The molecular weight excluding hydrogens is 561 g/mol. The van der Waals surface area contributed by atoms with E-state index < -0.39 is 18.1 Å². The number of benzene rings is 1. The van der Waals surface area contributed by atoms with E-state index in [9.17, 15) is 23.2 Å². The summed E-state index contributed by atoms with van der Waals surface area (Å²) in [6.07, 6.45) is -3.64. The van der Waals surface area contributed by atoms with Gasteiger partial charge in [-0.1, -0.05) is 12.1 Å². The van der Waals surface area contributed by atoms with Crippen molar-refractivity contribution in [2.45, 2.75) is 76.0 Å². The molecule has 0 bridgehead atoms. The molecule has 2 aromatic rings. The van der Waals surface area contributed by atoms with Crippen molar-refractivity contribution in [1.82, 2.24) is 10.3 Å². The van der Waals surface area contributed by atoms with Crippen LogP contribution in [-0.4, -0.2) is 69.8 Å². The molecule has 41 heavy (non-hydrogen) atoms. The number of anilines is 1. The molecule has 0 spiro atoms. The van der Waals surface area contributed by atoms with Crippen LogP contribution in [0.4, 0.5) is 19.0 Å². The zero-order valence-corrected chi connectivity index (χ0v) is 24.0. The number of nitrogens with zero attached hydrogens (tertiary/aromatic N) is 3. The molecule has 2 atom stereocenters. The van der Waals surface area contributed by atoms with Crippen LogP contribution in [-0.2, 0) is 29.0 Å². The summed E-state index contributed by atoms with van der Waals surface area (Å²) >= 11 is 1.60. The Labute approximate surface area is 240 Å². The summed E-state index contributed by atoms with van der Waals surface area (Å²) in [7, 11) is 0. The molecule has 3 heterocycles. The first-order valence-electron chi connectivity index (χ1n) is 13.0. The minimum atomic E-state index is -5.08. The highest BCUT2D eigenvalue weighted by Crippen LogP contribution is 2.39. The number of nitriles is 1. The van der Waals surface area contributed by atoms with Gasteiger partial charge >= 0.3 is 18.1 Å². The third-order valence-corrected chi connectivity index (χ3v) is 7.59. The Bertz CT molecular complexity index is 1300. The average Bonchev–Trinajstić information content (AvgIpc) is 2.87. The molecule has 1 saturated heterocycles. The zero-order valence-electron chi connectivity index (χ0n) is 23.2. The van der Waals surface area contributed by atoms with Crippen LogP contribution in [0.15, 0.2) is 29.3 Å². The van der Waals surface area contributed by atoms with Crippen molar-refractivity contribution in [2.75, 3.05) is 23.7 Å². The molecule has 0 saturated carbocycles. The number of rotatable bonds is 6. The van der Waals surface area contributed by atoms with Crippen molar-refractivity contribution in [2.24, 2.45) is 0 Å². The van der Waals surface area contributed by atoms with E-state index in [0.29, 0.717) is 30.7 Å². The monoisotopic (exact) mass is 594 g/mol. The quantitative estimate of drug-likeness (QED) is 0.405. The highest BCUT2D eigenvalue weighted by molar-refractivity contribution is 7.99. The number of hydrogen-bond donors (Lipinski definition) is 3. The van der Waals surface area contributed by atoms with Crippen LogP contribution in [0.5, 0.6) is 0 Å². The van der Waals surface area contributed by atoms with E-state index in [4.69, 9.17) is 24.7 Å². The number of carboxylic acids is 2. The van der Waals surface area contributed by atoms with E-state index in [-0.39, 0.29) is 11.2 Å². The lowest BCUT2D eigenvalue weighted by Crippen LogP contribution is -2.55. The van der Waals surface area contributed by atoms with Crippen molar-refractivity contribution in [3.8, 4) is 6.07 Å². The average molecular weight is 595 g/mol. The number of fused-ring (bicyclic) bond motifs is 1. The number of aromatic carboxylic acids is 1. The Kier molecular flexibility index (Phi) is 10.3. The number of aromatic nitrogens is 1. The first-order valence-corrected chi connectivity index (χ1v) is 14.0. The van der Waals surface area contributed by atoms with E-state index in [2.05, 4.69) is 44.0 Å². The van der Waals surface area contributed by atoms with E-state index >= 15 is 0 Å². The standard InChI is InChI=1S/C26H32N4O3S.C2HF3O2/c1-16-13-30(14-17(2)28-16)23-22-15-33-26(3,4)11-20(22)21(12-27)24(29-23)34-10-9-18-5-7-19(8-6-18)25(31)32;3-2(4,5)1(6)7/h5-8,16-17,28H,9-11,13-15H2,1-4H3,(H,31,32);(H,6,7). The zero-order chi connectivity index (χ0) is 30.5. The van der Waals surface area contributed by atoms with Gasteiger partial charge in [0.15, 0.2) is 0 Å². The lowest BCUT2D eigenvalue weighted by molar-refractivity contribution is -0.192. The van der Waals surface area contributed by atoms with Crippen LogP contribution in [0.25, 0.3) is 0 Å². The van der Waals surface area contributed by atoms with Gasteiger partial charge in [-0.3, -0.25) is 0 Å². The summed E-state index contributed by atoms with van der Waals surface area (Å²) in [6, 6.07) is 10.1. The van der Waals surface area contributed by atoms with E-state index in [1.54, 1.807) is 23.9 Å². The molecule has 1 fully saturated rings. The number of aliphatic carboxylic acids is 1. The minimum Gasteiger partial charge on any atom is -0.478 e. The predicted molar refractivity (Wildman–Crippen MR) is 147 cm³/mol. The van der Waals surface area contributed by atoms with Crippen LogP contribution in [0.3, 0.4) is 0 Å². The molecule has 9 nitrogen and oxygen atoms in total. The van der Waals surface area contributed by atoms with Gasteiger partial charge in [0.05, 0.1) is 23.3 Å². The largest absolute Gasteiger partial charge is 0.490 e. The van der Waals surface area contributed by atoms with E-state index in [1.165, 1.54) is 0 Å². The summed E-state index contributed by atoms with van der Waals surface area (Å²) in [5.41, 5.74) is 3.80. The highest BCUT2D eigenvalue weighted by Gasteiger charge is 2.38. The number of thioether (sulfide) groups is 1. The molecule has 2 unspecified atom stereocenters. The Morgan fingerprint density at radius 3 is 2.27 bits per heavy atom. The van der Waals surface area contributed by atoms with Crippen LogP contribution in [0.1, 0.15) is 60.3 Å². The number of ether oxygens (including phenoxy) is 1. The molecule has 2 aliphatic rings. The van der Waals surface area contributed by atoms with Gasteiger partial charge < -0.3 is 25.2 Å². The van der Waals surface area contributed by atoms with Gasteiger partial charge in [-0.05, 0) is 57.4 Å². The van der Waals surface area contributed by atoms with Gasteiger partial charge in [-0.2, -0.15) is 18.4 Å². The number of piperazine rings is 1. The van der Waals surface area contributed by atoms with Gasteiger partial charge in [-0.15, -0.1) is 11.8 Å². The van der Waals surface area contributed by atoms with Crippen molar-refractivity contribution in [3.05, 3.63) is 52.1 Å². The van der Waals surface area contributed by atoms with Crippen LogP contribution >= 0.6 is 11.8 Å². The fraction of sp³-hybridized carbons (Fsp3) is 0.500. The van der Waals surface area contributed by atoms with Crippen LogP contribution in [0, 0.1) is 11.3 Å². The van der Waals surface area contributed by atoms with Crippen molar-refractivity contribution in [3.63, 3.8) is 0 Å². The Morgan fingerprint density at radius 2 is 1.76 bits per heavy atom. The number of hydrogen-bond acceptors (Lipinski definition) is 8. The molecule has 1 aromatic heterocycles. The smallest absolute Gasteiger partial charge is 0.478 e. The van der Waals surface area contributed by atoms with Crippen molar-refractivity contribution >= 4 is 29.5 Å². The second kappa shape index (κ2) is 13.1. The molecule has 2 aliphatic heterocycles. The number of pyridine rings is 1. The Morgan fingerprint density at radius 1 is 1.17 bits per heavy atom. The van der Waals surface area contributed by atoms with Gasteiger partial charge in [-0.25, -0.2) is 14.6 Å². The Hall–Kier alpha value is -3.34. The third kappa shape index (κ3) is 8.58. The number of nitrogens with one attached hydrogen (secondary N) is 1. The van der Waals surface area contributed by atoms with E-state index in [0.717, 1.165) is 52.8 Å². The maximum atomic E-state index is 11.1. The van der Waals surface area contributed by atoms with Gasteiger partial charge in [0.25, 0.3) is 0 Å². The summed E-state index contributed by atoms with van der Waals surface area (Å²) in [6.45, 7) is 10.7. The molecule has 3 N–H and O–H groups in total. The number of carbonyl (C=O) groups is 2. The fourth-order valence-corrected chi connectivity index (χ4v) is 5.78. The lowest BCUT2D eigenvalue weighted by Gasteiger charge is -2.40. The number of alkyl halides is 3. The van der Waals surface area contributed by atoms with Gasteiger partial charge in [0.1, 0.15) is 16.9 Å². The summed E-state index contributed by atoms with van der Waals surface area (Å²) in [4.78, 5) is 27.4. The first-order chi connectivity index (χ1) is 19.1. The SMILES string of the molecule is CC1CN(c2nc(SCCc3ccc(C(=O)O)cc3)c(C#N)c3c2COC(C)(C)C3)CC(C)N1.O=C(O)C(F)(F)F. The first kappa shape index (κ1) is 32.2. The lowest BCUT2D eigenvalue weighted by atomic mass is 9.89. The summed E-state index contributed by atoms with van der Waals surface area (Å²) in [5.74, 6) is -1.99. The van der Waals surface area contributed by atoms with Crippen LogP contribution < -0.4 is 10.2 Å². The number of carboxylic acid groups (broad SMARTS) is 2. The minimum absolute atomic E-state index is 0.286. The third-order valence-electron chi connectivity index (χ3n) is 6.61. The van der Waals surface area contributed by atoms with Gasteiger partial charge in [0, 0.05) is 42.9 Å². The fourth-order valence-electron chi connectivity index (χ4n) is 4.79. The predicted octanol–water partition coefficient (Wildman–Crippen LogP) is 4.66. The second-order valence-corrected chi connectivity index (χ2v) is 11.8. The normalized spacial score (nSPS) is 19.8. The number of halogens is 3. The molecule has 0 amide bonds. The van der Waals surface area contributed by atoms with Crippen molar-refractivity contribution in [1.29, 1.82) is 5.26 Å². The molecule has 0 aliphatic carbocycles. The maximum absolute atomic E-state index is 11.1. The van der Waals surface area contributed by atoms with Gasteiger partial charge in [0.2, 0.25) is 0 Å². The Balaban J connectivity index is 0.000000587. The molecule has 0 radical (unpaired) electrons. The molecule has 4 rings (SSSR count). The second-order valence-electron chi connectivity index (χ2n) is 10.7. The number of aryl methyl sites for hydroxylation is 1.